The van der Waals surface area contributed by atoms with Crippen molar-refractivity contribution in [3.8, 4) is 22.8 Å². The van der Waals surface area contributed by atoms with Crippen molar-refractivity contribution in [2.45, 2.75) is 31.7 Å². The number of benzene rings is 2. The summed E-state index contributed by atoms with van der Waals surface area (Å²) in [5.74, 6) is 1.97. The second-order valence-corrected chi connectivity index (χ2v) is 7.25. The molecule has 0 atom stereocenters. The van der Waals surface area contributed by atoms with Gasteiger partial charge in [-0.3, -0.25) is 4.98 Å². The van der Waals surface area contributed by atoms with Crippen molar-refractivity contribution >= 4 is 22.4 Å². The van der Waals surface area contributed by atoms with Crippen molar-refractivity contribution in [3.05, 3.63) is 53.7 Å². The molecule has 25 heavy (non-hydrogen) atoms. The van der Waals surface area contributed by atoms with Gasteiger partial charge in [-0.15, -0.1) is 11.6 Å². The SMILES string of the molecule is COc1cc2cc(CCl)nc(-c3ccccc3)c2c2c1OC(C)(C)C2. The van der Waals surface area contributed by atoms with E-state index in [-0.39, 0.29) is 5.60 Å². The Balaban J connectivity index is 2.10. The van der Waals surface area contributed by atoms with Crippen LogP contribution in [0, 0.1) is 0 Å². The van der Waals surface area contributed by atoms with Crippen LogP contribution in [0.15, 0.2) is 42.5 Å². The number of fused-ring (bicyclic) bond motifs is 3. The van der Waals surface area contributed by atoms with Crippen LogP contribution in [0.4, 0.5) is 0 Å². The average molecular weight is 354 g/mol. The van der Waals surface area contributed by atoms with Crippen LogP contribution < -0.4 is 9.47 Å². The first-order valence-corrected chi connectivity index (χ1v) is 8.90. The number of aromatic nitrogens is 1. The minimum atomic E-state index is -0.261. The van der Waals surface area contributed by atoms with E-state index in [1.54, 1.807) is 7.11 Å². The van der Waals surface area contributed by atoms with Crippen molar-refractivity contribution in [2.24, 2.45) is 0 Å². The van der Waals surface area contributed by atoms with E-state index in [2.05, 4.69) is 26.0 Å². The summed E-state index contributed by atoms with van der Waals surface area (Å²) < 4.78 is 11.8. The molecule has 1 aliphatic rings. The van der Waals surface area contributed by atoms with Gasteiger partial charge in [0.1, 0.15) is 5.60 Å². The lowest BCUT2D eigenvalue weighted by Crippen LogP contribution is -2.24. The summed E-state index contributed by atoms with van der Waals surface area (Å²) in [4.78, 5) is 4.84. The minimum absolute atomic E-state index is 0.261. The van der Waals surface area contributed by atoms with Crippen molar-refractivity contribution in [3.63, 3.8) is 0 Å². The lowest BCUT2D eigenvalue weighted by Gasteiger charge is -2.17. The van der Waals surface area contributed by atoms with E-state index in [0.29, 0.717) is 5.88 Å². The maximum Gasteiger partial charge on any atom is 0.166 e. The third-order valence-corrected chi connectivity index (χ3v) is 4.85. The summed E-state index contributed by atoms with van der Waals surface area (Å²) in [6.45, 7) is 4.20. The number of rotatable bonds is 3. The first kappa shape index (κ1) is 16.2. The Hall–Kier alpha value is -2.26. The molecule has 3 nitrogen and oxygen atoms in total. The van der Waals surface area contributed by atoms with E-state index in [1.165, 1.54) is 0 Å². The molecule has 0 unspecified atom stereocenters. The van der Waals surface area contributed by atoms with Crippen molar-refractivity contribution in [1.82, 2.24) is 4.98 Å². The van der Waals surface area contributed by atoms with Crippen LogP contribution in [0.25, 0.3) is 22.0 Å². The van der Waals surface area contributed by atoms with Gasteiger partial charge in [-0.05, 0) is 31.4 Å². The Kier molecular flexibility index (Phi) is 3.84. The predicted octanol–water partition coefficient (Wildman–Crippen LogP) is 5.36. The molecular formula is C21H20ClNO2. The number of methoxy groups -OCH3 is 1. The monoisotopic (exact) mass is 353 g/mol. The van der Waals surface area contributed by atoms with Gasteiger partial charge < -0.3 is 9.47 Å². The number of nitrogens with zero attached hydrogens (tertiary/aromatic N) is 1. The summed E-state index contributed by atoms with van der Waals surface area (Å²) in [5, 5.41) is 2.21. The van der Waals surface area contributed by atoms with Gasteiger partial charge in [-0.25, -0.2) is 0 Å². The normalized spacial score (nSPS) is 15.0. The second kappa shape index (κ2) is 5.92. The molecule has 0 amide bonds. The Morgan fingerprint density at radius 1 is 1.20 bits per heavy atom. The zero-order valence-electron chi connectivity index (χ0n) is 14.6. The van der Waals surface area contributed by atoms with Gasteiger partial charge in [0.05, 0.1) is 24.4 Å². The lowest BCUT2D eigenvalue weighted by molar-refractivity contribution is 0.134. The molecule has 0 aliphatic carbocycles. The molecular weight excluding hydrogens is 334 g/mol. The highest BCUT2D eigenvalue weighted by molar-refractivity contribution is 6.17. The zero-order valence-corrected chi connectivity index (χ0v) is 15.4. The van der Waals surface area contributed by atoms with Gasteiger partial charge in [-0.2, -0.15) is 0 Å². The molecule has 4 rings (SSSR count). The maximum absolute atomic E-state index is 6.19. The fraction of sp³-hybridized carbons (Fsp3) is 0.286. The molecule has 1 aliphatic heterocycles. The van der Waals surface area contributed by atoms with E-state index in [4.69, 9.17) is 26.1 Å². The number of hydrogen-bond donors (Lipinski definition) is 0. The third kappa shape index (κ3) is 2.73. The number of pyridine rings is 1. The van der Waals surface area contributed by atoms with Crippen molar-refractivity contribution in [1.29, 1.82) is 0 Å². The molecule has 3 aromatic rings. The molecule has 1 aromatic heterocycles. The Morgan fingerprint density at radius 3 is 2.64 bits per heavy atom. The molecule has 0 N–H and O–H groups in total. The van der Waals surface area contributed by atoms with Gasteiger partial charge in [-0.1, -0.05) is 30.3 Å². The van der Waals surface area contributed by atoms with E-state index >= 15 is 0 Å². The van der Waals surface area contributed by atoms with Crippen molar-refractivity contribution < 1.29 is 9.47 Å². The van der Waals surface area contributed by atoms with Crippen LogP contribution in [-0.4, -0.2) is 17.7 Å². The molecule has 0 spiro atoms. The molecule has 4 heteroatoms. The van der Waals surface area contributed by atoms with Crippen molar-refractivity contribution in [2.75, 3.05) is 7.11 Å². The zero-order chi connectivity index (χ0) is 17.6. The van der Waals surface area contributed by atoms with Gasteiger partial charge in [0.2, 0.25) is 0 Å². The highest BCUT2D eigenvalue weighted by Gasteiger charge is 2.35. The lowest BCUT2D eigenvalue weighted by atomic mass is 9.93. The van der Waals surface area contributed by atoms with Crippen LogP contribution >= 0.6 is 11.6 Å². The molecule has 0 bridgehead atoms. The molecule has 0 radical (unpaired) electrons. The fourth-order valence-corrected chi connectivity index (χ4v) is 3.70. The van der Waals surface area contributed by atoms with E-state index in [9.17, 15) is 0 Å². The van der Waals surface area contributed by atoms with Gasteiger partial charge in [0, 0.05) is 22.9 Å². The maximum atomic E-state index is 6.19. The largest absolute Gasteiger partial charge is 0.493 e. The quantitative estimate of drug-likeness (QED) is 0.594. The topological polar surface area (TPSA) is 31.4 Å². The summed E-state index contributed by atoms with van der Waals surface area (Å²) >= 11 is 6.10. The van der Waals surface area contributed by atoms with Crippen LogP contribution in [-0.2, 0) is 12.3 Å². The fourth-order valence-electron chi connectivity index (χ4n) is 3.56. The molecule has 0 saturated carbocycles. The number of ether oxygens (including phenoxy) is 2. The standard InChI is InChI=1S/C21H20ClNO2/c1-21(2)11-16-18-14(10-17(24-3)20(16)25-21)9-15(12-22)23-19(18)13-7-5-4-6-8-13/h4-10H,11-12H2,1-3H3. The number of alkyl halides is 1. The highest BCUT2D eigenvalue weighted by atomic mass is 35.5. The first-order chi connectivity index (χ1) is 12.0. The summed E-state index contributed by atoms with van der Waals surface area (Å²) in [7, 11) is 1.68. The second-order valence-electron chi connectivity index (χ2n) is 6.99. The highest BCUT2D eigenvalue weighted by Crippen LogP contribution is 2.48. The summed E-state index contributed by atoms with van der Waals surface area (Å²) in [6, 6.07) is 14.3. The molecule has 2 aromatic carbocycles. The first-order valence-electron chi connectivity index (χ1n) is 8.36. The molecule has 0 saturated heterocycles. The molecule has 0 fully saturated rings. The van der Waals surface area contributed by atoms with Crippen LogP contribution in [0.2, 0.25) is 0 Å². The van der Waals surface area contributed by atoms with E-state index in [0.717, 1.165) is 51.2 Å². The van der Waals surface area contributed by atoms with Crippen LogP contribution in [0.5, 0.6) is 11.5 Å². The number of halogens is 1. The minimum Gasteiger partial charge on any atom is -0.493 e. The Morgan fingerprint density at radius 2 is 1.96 bits per heavy atom. The van der Waals surface area contributed by atoms with Gasteiger partial charge in [0.15, 0.2) is 11.5 Å². The van der Waals surface area contributed by atoms with Gasteiger partial charge >= 0.3 is 0 Å². The number of hydrogen-bond acceptors (Lipinski definition) is 3. The average Bonchev–Trinajstić information content (AvgIpc) is 2.95. The Labute approximate surface area is 152 Å². The van der Waals surface area contributed by atoms with Crippen LogP contribution in [0.3, 0.4) is 0 Å². The van der Waals surface area contributed by atoms with E-state index in [1.807, 2.05) is 30.3 Å². The molecule has 128 valence electrons. The van der Waals surface area contributed by atoms with Crippen LogP contribution in [0.1, 0.15) is 25.1 Å². The smallest absolute Gasteiger partial charge is 0.166 e. The van der Waals surface area contributed by atoms with E-state index < -0.39 is 0 Å². The summed E-state index contributed by atoms with van der Waals surface area (Å²) in [6.07, 6.45) is 0.817. The molecule has 2 heterocycles. The third-order valence-electron chi connectivity index (χ3n) is 4.57. The van der Waals surface area contributed by atoms with Gasteiger partial charge in [0.25, 0.3) is 0 Å². The Bertz CT molecular complexity index is 951. The predicted molar refractivity (Wildman–Crippen MR) is 102 cm³/mol. The summed E-state index contributed by atoms with van der Waals surface area (Å²) in [5.41, 5.74) is 3.79.